The van der Waals surface area contributed by atoms with E-state index in [9.17, 15) is 13.2 Å². The summed E-state index contributed by atoms with van der Waals surface area (Å²) in [5.41, 5.74) is 0. The van der Waals surface area contributed by atoms with Crippen LogP contribution in [0.4, 0.5) is 13.2 Å². The maximum absolute atomic E-state index is 12.2. The van der Waals surface area contributed by atoms with E-state index >= 15 is 0 Å². The van der Waals surface area contributed by atoms with Crippen molar-refractivity contribution in [3.8, 4) is 0 Å². The molecule has 0 amide bonds. The molecule has 0 spiro atoms. The van der Waals surface area contributed by atoms with Gasteiger partial charge in [-0.25, -0.2) is 0 Å². The van der Waals surface area contributed by atoms with Gasteiger partial charge in [0.1, 0.15) is 6.04 Å². The summed E-state index contributed by atoms with van der Waals surface area (Å²) in [5, 5.41) is 2.29. The maximum atomic E-state index is 12.2. The van der Waals surface area contributed by atoms with Crippen LogP contribution in [0.2, 0.25) is 0 Å². The van der Waals surface area contributed by atoms with Gasteiger partial charge in [0.15, 0.2) is 0 Å². The molecule has 0 aliphatic carbocycles. The molecule has 0 aromatic carbocycles. The van der Waals surface area contributed by atoms with Gasteiger partial charge in [-0.1, -0.05) is 46.5 Å². The predicted octanol–water partition coefficient (Wildman–Crippen LogP) is 4.13. The van der Waals surface area contributed by atoms with E-state index in [1.807, 2.05) is 20.8 Å². The van der Waals surface area contributed by atoms with Crippen molar-refractivity contribution >= 4 is 0 Å². The van der Waals surface area contributed by atoms with Crippen LogP contribution in [0.25, 0.3) is 0 Å². The van der Waals surface area contributed by atoms with Crippen LogP contribution in [0.3, 0.4) is 0 Å². The van der Waals surface area contributed by atoms with Crippen LogP contribution in [-0.4, -0.2) is 19.3 Å². The maximum Gasteiger partial charge on any atom is 0.403 e. The minimum Gasteiger partial charge on any atom is -0.309 e. The summed E-state index contributed by atoms with van der Waals surface area (Å²) >= 11 is 0. The van der Waals surface area contributed by atoms with Gasteiger partial charge < -0.3 is 5.32 Å². The van der Waals surface area contributed by atoms with Gasteiger partial charge in [0.05, 0.1) is 0 Å². The van der Waals surface area contributed by atoms with Gasteiger partial charge in [0.25, 0.3) is 0 Å². The molecule has 0 saturated carbocycles. The molecule has 0 fully saturated rings. The number of hydrogen-bond acceptors (Lipinski definition) is 1. The Bertz CT molecular complexity index is 123. The van der Waals surface area contributed by atoms with Crippen molar-refractivity contribution in [2.24, 2.45) is 0 Å². The minimum absolute atomic E-state index is 0.194. The second kappa shape index (κ2) is 10.3. The Morgan fingerprint density at radius 3 is 1.93 bits per heavy atom. The summed E-state index contributed by atoms with van der Waals surface area (Å²) in [4.78, 5) is 0. The van der Waals surface area contributed by atoms with Crippen LogP contribution < -0.4 is 5.32 Å². The third kappa shape index (κ3) is 10.0. The van der Waals surface area contributed by atoms with Crippen molar-refractivity contribution in [1.29, 1.82) is 0 Å². The van der Waals surface area contributed by atoms with E-state index in [0.29, 0.717) is 6.42 Å². The molecule has 94 valence electrons. The second-order valence-corrected chi connectivity index (χ2v) is 3.23. The lowest BCUT2D eigenvalue weighted by molar-refractivity contribution is -0.156. The van der Waals surface area contributed by atoms with Gasteiger partial charge in [-0.3, -0.25) is 0 Å². The van der Waals surface area contributed by atoms with Crippen LogP contribution in [0.1, 0.15) is 52.9 Å². The zero-order chi connectivity index (χ0) is 12.3. The zero-order valence-electron chi connectivity index (χ0n) is 10.2. The number of rotatable bonds is 6. The first-order valence-corrected chi connectivity index (χ1v) is 5.76. The standard InChI is InChI=1S/C9H18F3N.C2H6/c1-3-4-5-6-7-8(13-2)9(10,11)12;1-2/h8,13H,3-7H2,1-2H3;1-2H3. The van der Waals surface area contributed by atoms with E-state index in [-0.39, 0.29) is 6.42 Å². The lowest BCUT2D eigenvalue weighted by Gasteiger charge is -2.19. The molecule has 4 heteroatoms. The lowest BCUT2D eigenvalue weighted by atomic mass is 10.1. The minimum atomic E-state index is -4.10. The first-order chi connectivity index (χ1) is 7.02. The summed E-state index contributed by atoms with van der Waals surface area (Å²) in [6.07, 6.45) is -0.283. The Morgan fingerprint density at radius 1 is 1.07 bits per heavy atom. The van der Waals surface area contributed by atoms with Crippen molar-refractivity contribution in [1.82, 2.24) is 5.32 Å². The molecule has 0 aromatic rings. The fraction of sp³-hybridized carbons (Fsp3) is 1.00. The number of unbranched alkanes of at least 4 members (excludes halogenated alkanes) is 3. The molecule has 1 atom stereocenters. The van der Waals surface area contributed by atoms with Gasteiger partial charge in [-0.2, -0.15) is 13.2 Å². The fourth-order valence-electron chi connectivity index (χ4n) is 1.25. The second-order valence-electron chi connectivity index (χ2n) is 3.23. The quantitative estimate of drug-likeness (QED) is 0.673. The molecule has 1 N–H and O–H groups in total. The van der Waals surface area contributed by atoms with E-state index in [1.165, 1.54) is 7.05 Å². The highest BCUT2D eigenvalue weighted by Crippen LogP contribution is 2.23. The largest absolute Gasteiger partial charge is 0.403 e. The first kappa shape index (κ1) is 17.2. The molecule has 0 aliphatic heterocycles. The number of nitrogens with one attached hydrogen (secondary N) is 1. The lowest BCUT2D eigenvalue weighted by Crippen LogP contribution is -2.39. The average molecular weight is 227 g/mol. The van der Waals surface area contributed by atoms with Crippen molar-refractivity contribution in [3.05, 3.63) is 0 Å². The van der Waals surface area contributed by atoms with Crippen LogP contribution >= 0.6 is 0 Å². The topological polar surface area (TPSA) is 12.0 Å². The monoisotopic (exact) mass is 227 g/mol. The number of hydrogen-bond donors (Lipinski definition) is 1. The smallest absolute Gasteiger partial charge is 0.309 e. The van der Waals surface area contributed by atoms with Gasteiger partial charge in [-0.15, -0.1) is 0 Å². The molecule has 1 nitrogen and oxygen atoms in total. The van der Waals surface area contributed by atoms with Gasteiger partial charge in [0.2, 0.25) is 0 Å². The zero-order valence-corrected chi connectivity index (χ0v) is 10.2. The molecule has 0 heterocycles. The van der Waals surface area contributed by atoms with E-state index < -0.39 is 12.2 Å². The SMILES string of the molecule is CC.CCCCCCC(NC)C(F)(F)F. The Morgan fingerprint density at radius 2 is 1.60 bits per heavy atom. The summed E-state index contributed by atoms with van der Waals surface area (Å²) in [6.45, 7) is 6.04. The molecular weight excluding hydrogens is 203 g/mol. The predicted molar refractivity (Wildman–Crippen MR) is 59.0 cm³/mol. The Labute approximate surface area is 91.4 Å². The number of alkyl halides is 3. The molecule has 0 radical (unpaired) electrons. The summed E-state index contributed by atoms with van der Waals surface area (Å²) in [7, 11) is 1.36. The van der Waals surface area contributed by atoms with Gasteiger partial charge in [0, 0.05) is 0 Å². The van der Waals surface area contributed by atoms with Crippen LogP contribution in [-0.2, 0) is 0 Å². The van der Waals surface area contributed by atoms with Crippen molar-refractivity contribution in [3.63, 3.8) is 0 Å². The van der Waals surface area contributed by atoms with E-state index in [0.717, 1.165) is 19.3 Å². The van der Waals surface area contributed by atoms with Crippen LogP contribution in [0.5, 0.6) is 0 Å². The molecule has 0 aromatic heterocycles. The summed E-state index contributed by atoms with van der Waals surface area (Å²) < 4.78 is 36.5. The average Bonchev–Trinajstić information content (AvgIpc) is 2.19. The van der Waals surface area contributed by atoms with Crippen LogP contribution in [0.15, 0.2) is 0 Å². The van der Waals surface area contributed by atoms with Gasteiger partial charge >= 0.3 is 6.18 Å². The molecule has 0 rings (SSSR count). The fourth-order valence-corrected chi connectivity index (χ4v) is 1.25. The third-order valence-corrected chi connectivity index (χ3v) is 2.09. The molecule has 0 saturated heterocycles. The highest BCUT2D eigenvalue weighted by atomic mass is 19.4. The molecule has 15 heavy (non-hydrogen) atoms. The molecule has 0 bridgehead atoms. The van der Waals surface area contributed by atoms with Crippen molar-refractivity contribution in [2.75, 3.05) is 7.05 Å². The summed E-state index contributed by atoms with van der Waals surface area (Å²) in [6, 6.07) is -1.33. The molecule has 1 unspecified atom stereocenters. The molecular formula is C11H24F3N. The molecule has 0 aliphatic rings. The van der Waals surface area contributed by atoms with E-state index in [1.54, 1.807) is 0 Å². The Hall–Kier alpha value is -0.250. The van der Waals surface area contributed by atoms with Gasteiger partial charge in [-0.05, 0) is 13.5 Å². The van der Waals surface area contributed by atoms with E-state index in [4.69, 9.17) is 0 Å². The van der Waals surface area contributed by atoms with Crippen molar-refractivity contribution < 1.29 is 13.2 Å². The third-order valence-electron chi connectivity index (χ3n) is 2.09. The van der Waals surface area contributed by atoms with Crippen molar-refractivity contribution in [2.45, 2.75) is 65.1 Å². The Balaban J connectivity index is 0. The highest BCUT2D eigenvalue weighted by Gasteiger charge is 2.37. The van der Waals surface area contributed by atoms with E-state index in [2.05, 4.69) is 5.32 Å². The first-order valence-electron chi connectivity index (χ1n) is 5.76. The normalized spacial score (nSPS) is 13.0. The highest BCUT2D eigenvalue weighted by molar-refractivity contribution is 4.72. The summed E-state index contributed by atoms with van der Waals surface area (Å²) in [5.74, 6) is 0. The van der Waals surface area contributed by atoms with Crippen LogP contribution in [0, 0.1) is 0 Å². The Kier molecular flexibility index (Phi) is 11.7. The number of halogens is 3.